The quantitative estimate of drug-likeness (QED) is 0.189. The third kappa shape index (κ3) is 4.42. The van der Waals surface area contributed by atoms with Gasteiger partial charge in [-0.2, -0.15) is 30.4 Å². The third-order valence-corrected chi connectivity index (χ3v) is 14.9. The van der Waals surface area contributed by atoms with Gasteiger partial charge < -0.3 is 4.74 Å². The van der Waals surface area contributed by atoms with Crippen LogP contribution in [0.4, 0.5) is 22.0 Å². The maximum Gasteiger partial charge on any atom is 0.432 e. The summed E-state index contributed by atoms with van der Waals surface area (Å²) in [6.07, 6.45) is -6.84. The van der Waals surface area contributed by atoms with Gasteiger partial charge in [-0.05, 0) is 102 Å². The number of ether oxygens (including phenoxy) is 1. The van der Waals surface area contributed by atoms with Crippen LogP contribution in [0.3, 0.4) is 0 Å². The van der Waals surface area contributed by atoms with Crippen LogP contribution in [0.25, 0.3) is 11.1 Å². The minimum Gasteiger partial charge on any atom is -0.444 e. The van der Waals surface area contributed by atoms with Gasteiger partial charge in [-0.1, -0.05) is 54.6 Å². The monoisotopic (exact) mass is 652 g/mol. The molecule has 0 saturated heterocycles. The summed E-state index contributed by atoms with van der Waals surface area (Å²) in [7, 11) is -9.93. The first-order valence-corrected chi connectivity index (χ1v) is 17.4. The Balaban J connectivity index is 1.30. The SMILES string of the molecule is O=C(OC(C(F)(F)F)C(F)(F)S(=O)(=O)OS1(c2ccccc2)c2ccccc2-c2ccccc21)C12CC3CC(CC(C3)C1)C2. The van der Waals surface area contributed by atoms with Crippen molar-refractivity contribution >= 4 is 26.4 Å². The van der Waals surface area contributed by atoms with Crippen LogP contribution in [0.2, 0.25) is 0 Å². The summed E-state index contributed by atoms with van der Waals surface area (Å²) in [5.41, 5.74) is -0.291. The predicted octanol–water partition coefficient (Wildman–Crippen LogP) is 8.49. The molecule has 0 spiro atoms. The predicted molar refractivity (Wildman–Crippen MR) is 152 cm³/mol. The van der Waals surface area contributed by atoms with Gasteiger partial charge >= 0.3 is 27.5 Å². The molecule has 1 aliphatic heterocycles. The Bertz CT molecular complexity index is 1640. The van der Waals surface area contributed by atoms with Gasteiger partial charge in [0.05, 0.1) is 5.41 Å². The molecule has 8 rings (SSSR count). The van der Waals surface area contributed by atoms with Crippen LogP contribution < -0.4 is 0 Å². The number of halogens is 5. The number of rotatable bonds is 7. The van der Waals surface area contributed by atoms with Crippen LogP contribution in [0.15, 0.2) is 93.5 Å². The highest BCUT2D eigenvalue weighted by Crippen LogP contribution is 2.77. The van der Waals surface area contributed by atoms with Crippen LogP contribution in [0.5, 0.6) is 0 Å². The van der Waals surface area contributed by atoms with Gasteiger partial charge in [0.15, 0.2) is 0 Å². The van der Waals surface area contributed by atoms with E-state index in [1.54, 1.807) is 54.6 Å². The van der Waals surface area contributed by atoms with Crippen LogP contribution in [-0.4, -0.2) is 31.9 Å². The van der Waals surface area contributed by atoms with Gasteiger partial charge in [0.2, 0.25) is 0 Å². The van der Waals surface area contributed by atoms with E-state index in [1.165, 1.54) is 24.3 Å². The van der Waals surface area contributed by atoms with Gasteiger partial charge in [-0.15, -0.1) is 0 Å². The molecule has 3 aromatic rings. The molecule has 234 valence electrons. The number of fused-ring (bicyclic) bond motifs is 3. The second-order valence-electron chi connectivity index (χ2n) is 12.5. The van der Waals surface area contributed by atoms with E-state index in [-0.39, 0.29) is 51.7 Å². The zero-order valence-corrected chi connectivity index (χ0v) is 24.9. The van der Waals surface area contributed by atoms with Crippen molar-refractivity contribution in [2.24, 2.45) is 23.2 Å². The van der Waals surface area contributed by atoms with Crippen LogP contribution in [-0.2, 0) is 23.3 Å². The van der Waals surface area contributed by atoms with Gasteiger partial charge in [-0.25, -0.2) is 3.63 Å². The lowest BCUT2D eigenvalue weighted by atomic mass is 9.49. The molecule has 5 aliphatic rings. The van der Waals surface area contributed by atoms with Crippen LogP contribution in [0, 0.1) is 23.2 Å². The van der Waals surface area contributed by atoms with Gasteiger partial charge in [0, 0.05) is 14.7 Å². The van der Waals surface area contributed by atoms with E-state index in [0.717, 1.165) is 19.3 Å². The number of alkyl halides is 5. The Hall–Kier alpha value is -2.96. The highest BCUT2D eigenvalue weighted by molar-refractivity contribution is 8.33. The first-order chi connectivity index (χ1) is 20.8. The third-order valence-electron chi connectivity index (χ3n) is 9.58. The summed E-state index contributed by atoms with van der Waals surface area (Å²) in [6.45, 7) is 0. The number of carbonyl (C=O) groups is 1. The summed E-state index contributed by atoms with van der Waals surface area (Å²) in [5.74, 6) is -1.07. The van der Waals surface area contributed by atoms with E-state index < -0.39 is 49.3 Å². The molecule has 12 heteroatoms. The molecule has 3 aromatic carbocycles. The first-order valence-electron chi connectivity index (χ1n) is 14.4. The van der Waals surface area contributed by atoms with E-state index in [2.05, 4.69) is 4.74 Å². The van der Waals surface area contributed by atoms with Crippen LogP contribution >= 0.6 is 10.3 Å². The molecule has 0 radical (unpaired) electrons. The van der Waals surface area contributed by atoms with Gasteiger partial charge in [-0.3, -0.25) is 4.79 Å². The van der Waals surface area contributed by atoms with Crippen molar-refractivity contribution in [1.29, 1.82) is 0 Å². The Kier molecular flexibility index (Phi) is 6.77. The van der Waals surface area contributed by atoms with Gasteiger partial charge in [0.1, 0.15) is 0 Å². The molecule has 44 heavy (non-hydrogen) atoms. The van der Waals surface area contributed by atoms with Crippen LogP contribution in [0.1, 0.15) is 38.5 Å². The Labute approximate surface area is 253 Å². The lowest BCUT2D eigenvalue weighted by Gasteiger charge is -2.55. The maximum absolute atomic E-state index is 16.1. The normalized spacial score (nSPS) is 28.2. The van der Waals surface area contributed by atoms with Crippen molar-refractivity contribution in [3.8, 4) is 11.1 Å². The van der Waals surface area contributed by atoms with E-state index in [0.29, 0.717) is 11.1 Å². The van der Waals surface area contributed by atoms with E-state index in [9.17, 15) is 26.4 Å². The maximum atomic E-state index is 16.1. The molecule has 4 fully saturated rings. The molecule has 1 atom stereocenters. The summed E-state index contributed by atoms with van der Waals surface area (Å²) >= 11 is 0. The summed E-state index contributed by atoms with van der Waals surface area (Å²) < 4.78 is 113. The van der Waals surface area contributed by atoms with E-state index >= 15 is 8.78 Å². The fourth-order valence-electron chi connectivity index (χ4n) is 8.21. The van der Waals surface area contributed by atoms with Crippen molar-refractivity contribution < 1.29 is 43.5 Å². The Morgan fingerprint density at radius 2 is 1.20 bits per heavy atom. The van der Waals surface area contributed by atoms with Crippen molar-refractivity contribution in [3.05, 3.63) is 78.9 Å². The number of benzene rings is 3. The Morgan fingerprint density at radius 1 is 0.750 bits per heavy atom. The molecule has 0 amide bonds. The lowest BCUT2D eigenvalue weighted by molar-refractivity contribution is -0.266. The average Bonchev–Trinajstić information content (AvgIpc) is 3.25. The lowest BCUT2D eigenvalue weighted by Crippen LogP contribution is -2.56. The standard InChI is InChI=1S/C32H29F5O5S2/c33-31(34,35)28(41-29(38)30-17-20-14-21(18-30)16-22(15-20)19-30)32(36,37)44(39,40)42-43(23-8-2-1-3-9-23)26-12-6-4-10-24(26)25-11-5-7-13-27(25)43/h1-13,20-22,28H,14-19H2. The van der Waals surface area contributed by atoms with Crippen molar-refractivity contribution in [3.63, 3.8) is 0 Å². The minimum absolute atomic E-state index is 0.113. The number of esters is 1. The molecule has 4 saturated carbocycles. The summed E-state index contributed by atoms with van der Waals surface area (Å²) in [4.78, 5) is 14.1. The molecule has 1 unspecified atom stereocenters. The van der Waals surface area contributed by atoms with E-state index in [1.807, 2.05) is 0 Å². The number of hydrogen-bond donors (Lipinski definition) is 0. The molecular weight excluding hydrogens is 623 g/mol. The molecule has 5 nitrogen and oxygen atoms in total. The molecule has 1 heterocycles. The fraction of sp³-hybridized carbons (Fsp3) is 0.406. The van der Waals surface area contributed by atoms with Crippen molar-refractivity contribution in [2.45, 2.75) is 70.7 Å². The van der Waals surface area contributed by atoms with E-state index in [4.69, 9.17) is 3.63 Å². The van der Waals surface area contributed by atoms with Crippen molar-refractivity contribution in [2.75, 3.05) is 0 Å². The highest BCUT2D eigenvalue weighted by Gasteiger charge is 2.69. The largest absolute Gasteiger partial charge is 0.444 e. The van der Waals surface area contributed by atoms with Gasteiger partial charge in [0.25, 0.3) is 6.10 Å². The average molecular weight is 653 g/mol. The van der Waals surface area contributed by atoms with Crippen molar-refractivity contribution in [1.82, 2.24) is 0 Å². The smallest absolute Gasteiger partial charge is 0.432 e. The summed E-state index contributed by atoms with van der Waals surface area (Å²) in [5, 5.41) is -5.66. The topological polar surface area (TPSA) is 69.7 Å². The zero-order valence-electron chi connectivity index (χ0n) is 23.3. The summed E-state index contributed by atoms with van der Waals surface area (Å²) in [6, 6.07) is 20.7. The first kappa shape index (κ1) is 29.7. The molecule has 0 aromatic heterocycles. The molecule has 4 bridgehead atoms. The molecule has 4 aliphatic carbocycles. The highest BCUT2D eigenvalue weighted by atomic mass is 32.3. The fourth-order valence-corrected chi connectivity index (χ4v) is 13.8. The molecule has 0 N–H and O–H groups in total. The minimum atomic E-state index is -6.41. The molecular formula is C32H29F5O5S2. The second-order valence-corrected chi connectivity index (χ2v) is 16.9. The number of hydrogen-bond acceptors (Lipinski definition) is 5. The zero-order chi connectivity index (χ0) is 31.1. The Morgan fingerprint density at radius 3 is 1.68 bits per heavy atom. The second kappa shape index (κ2) is 10.0. The number of carbonyl (C=O) groups excluding carboxylic acids is 1.